The Kier molecular flexibility index (Phi) is 44.2. The van der Waals surface area contributed by atoms with Crippen LogP contribution >= 0.6 is 0 Å². The fourth-order valence-electron chi connectivity index (χ4n) is 0. The summed E-state index contributed by atoms with van der Waals surface area (Å²) in [7, 11) is 0. The van der Waals surface area contributed by atoms with E-state index in [-0.39, 0.29) is 11.0 Å². The zero-order valence-electron chi connectivity index (χ0n) is 1.41. The second-order valence-electron chi connectivity index (χ2n) is 0.102. The molecule has 0 spiro atoms. The molecule has 0 saturated carbocycles. The van der Waals surface area contributed by atoms with Crippen molar-refractivity contribution in [2.75, 3.05) is 0 Å². The van der Waals surface area contributed by atoms with E-state index in [1.165, 1.54) is 0 Å². The van der Waals surface area contributed by atoms with Gasteiger partial charge in [0, 0.05) is 0 Å². The Morgan fingerprint density at radius 1 is 1.75 bits per heavy atom. The lowest BCUT2D eigenvalue weighted by Gasteiger charge is -1.02. The van der Waals surface area contributed by atoms with Gasteiger partial charge in [0.25, 0.3) is 0 Å². The van der Waals surface area contributed by atoms with Crippen LogP contribution in [0.4, 0.5) is 0 Å². The molecule has 0 aliphatic heterocycles. The summed E-state index contributed by atoms with van der Waals surface area (Å²) < 4.78 is 0. The third-order valence-corrected chi connectivity index (χ3v) is 0. The first kappa shape index (κ1) is 9.51. The van der Waals surface area contributed by atoms with Crippen molar-refractivity contribution in [3.8, 4) is 0 Å². The van der Waals surface area contributed by atoms with Crippen LogP contribution < -0.4 is 0 Å². The Morgan fingerprint density at radius 3 is 1.75 bits per heavy atom. The van der Waals surface area contributed by atoms with Crippen LogP contribution in [-0.4, -0.2) is 17.0 Å². The quantitative estimate of drug-likeness (QED) is 0.211. The van der Waals surface area contributed by atoms with Gasteiger partial charge in [-0.15, -0.1) is 0 Å². The average molecular weight is 75.1 g/mol. The summed E-state index contributed by atoms with van der Waals surface area (Å²) >= 11 is 0. The molecule has 0 atom stereocenters. The molecule has 0 amide bonds. The molecule has 0 radical (unpaired) electrons. The van der Waals surface area contributed by atoms with E-state index in [0.29, 0.717) is 0 Å². The smallest absolute Gasteiger partial charge is 0.222 e. The van der Waals surface area contributed by atoms with Crippen molar-refractivity contribution in [3.63, 3.8) is 0 Å². The van der Waals surface area contributed by atoms with E-state index in [2.05, 4.69) is 0 Å². The number of isocyanates is 1. The summed E-state index contributed by atoms with van der Waals surface area (Å²) in [6.45, 7) is 0. The highest BCUT2D eigenvalue weighted by Crippen LogP contribution is 0.868. The van der Waals surface area contributed by atoms with Gasteiger partial charge in [-0.05, 0) is 11.0 Å². The van der Waals surface area contributed by atoms with E-state index in [1.807, 2.05) is 0 Å². The van der Waals surface area contributed by atoms with Crippen molar-refractivity contribution in [2.45, 2.75) is 0 Å². The molecule has 24 valence electrons. The lowest BCUT2D eigenvalue weighted by Crippen LogP contribution is -1.16. The fourth-order valence-corrected chi connectivity index (χ4v) is 0. The summed E-state index contributed by atoms with van der Waals surface area (Å²) in [6, 6.07) is 0. The number of nitrogens with one attached hydrogen (secondary N) is 1. The van der Waals surface area contributed by atoms with Gasteiger partial charge in [-0.1, -0.05) is 0 Å². The molecule has 0 heterocycles. The third-order valence-electron chi connectivity index (χ3n) is 0. The molecule has 0 bridgehead atoms. The predicted molar refractivity (Wildman–Crippen MR) is 19.7 cm³/mol. The molecular weight excluding hydrogens is 70.1 g/mol. The zero-order chi connectivity index (χ0) is 2.71. The largest absolute Gasteiger partial charge is 0.231 e. The van der Waals surface area contributed by atoms with Crippen LogP contribution in [-0.2, 0) is 4.79 Å². The van der Waals surface area contributed by atoms with E-state index in [9.17, 15) is 0 Å². The van der Waals surface area contributed by atoms with Gasteiger partial charge < -0.3 is 0 Å². The summed E-state index contributed by atoms with van der Waals surface area (Å²) in [5.74, 6) is 0. The highest BCUT2D eigenvalue weighted by atomic mass is 28.1. The molecule has 1 N–H and O–H groups in total. The summed E-state index contributed by atoms with van der Waals surface area (Å²) in [6.07, 6.45) is 0.750. The van der Waals surface area contributed by atoms with Gasteiger partial charge in [0.05, 0.1) is 0 Å². The molecule has 0 fully saturated rings. The Morgan fingerprint density at radius 2 is 1.75 bits per heavy atom. The topological polar surface area (TPSA) is 40.9 Å². The Bertz CT molecular complexity index is 29.0. The summed E-state index contributed by atoms with van der Waals surface area (Å²) in [4.78, 5) is 8.35. The van der Waals surface area contributed by atoms with Gasteiger partial charge in [-0.2, -0.15) is 0 Å². The van der Waals surface area contributed by atoms with Gasteiger partial charge in [-0.25, -0.2) is 10.2 Å². The lowest BCUT2D eigenvalue weighted by atomic mass is 11.7. The van der Waals surface area contributed by atoms with E-state index < -0.39 is 0 Å². The molecule has 0 aliphatic rings. The normalized spacial score (nSPS) is 2.00. The van der Waals surface area contributed by atoms with Crippen LogP contribution in [0.15, 0.2) is 0 Å². The van der Waals surface area contributed by atoms with E-state index in [1.54, 1.807) is 0 Å². The van der Waals surface area contributed by atoms with Gasteiger partial charge in [0.15, 0.2) is 0 Å². The lowest BCUT2D eigenvalue weighted by molar-refractivity contribution is 0.563. The molecule has 2 nitrogen and oxygen atoms in total. The molecule has 0 rings (SSSR count). The molecule has 0 aromatic rings. The van der Waals surface area contributed by atoms with Crippen LogP contribution in [0.5, 0.6) is 0 Å². The third kappa shape index (κ3) is 3.50. The molecule has 3 heteroatoms. The number of carbonyl (C=O) groups excluding carboxylic acids is 1. The van der Waals surface area contributed by atoms with E-state index in [4.69, 9.17) is 10.2 Å². The second kappa shape index (κ2) is 18.6. The monoisotopic (exact) mass is 75.0 g/mol. The van der Waals surface area contributed by atoms with Crippen LogP contribution in [0.25, 0.3) is 0 Å². The molecule has 0 unspecified atom stereocenters. The van der Waals surface area contributed by atoms with Gasteiger partial charge in [0.2, 0.25) is 6.08 Å². The minimum Gasteiger partial charge on any atom is -0.222 e. The maximum absolute atomic E-state index is 8.35. The van der Waals surface area contributed by atoms with Gasteiger partial charge >= 0.3 is 0 Å². The van der Waals surface area contributed by atoms with E-state index >= 15 is 0 Å². The molecule has 4 heavy (non-hydrogen) atoms. The van der Waals surface area contributed by atoms with Gasteiger partial charge in [0.1, 0.15) is 0 Å². The van der Waals surface area contributed by atoms with Crippen molar-refractivity contribution in [3.05, 3.63) is 0 Å². The summed E-state index contributed by atoms with van der Waals surface area (Å²) in [5.41, 5.74) is 0. The van der Waals surface area contributed by atoms with Gasteiger partial charge in [-0.3, -0.25) is 0 Å². The molecule has 0 saturated heterocycles. The highest BCUT2D eigenvalue weighted by Gasteiger charge is 1.03. The molecule has 0 aromatic carbocycles. The molecule has 0 aliphatic carbocycles. The van der Waals surface area contributed by atoms with Crippen LogP contribution in [0.1, 0.15) is 0 Å². The van der Waals surface area contributed by atoms with Crippen molar-refractivity contribution in [1.29, 1.82) is 5.41 Å². The second-order valence-corrected chi connectivity index (χ2v) is 0.102. The first-order valence-electron chi connectivity index (χ1n) is 0.454. The maximum atomic E-state index is 8.35. The van der Waals surface area contributed by atoms with Crippen LogP contribution in [0.3, 0.4) is 0 Å². The minimum absolute atomic E-state index is 0. The zero-order valence-corrected chi connectivity index (χ0v) is 1.41. The number of hydrogen-bond donors (Lipinski definition) is 1. The SMILES string of the molecule is N=C=O.[SiH4]. The first-order valence-corrected chi connectivity index (χ1v) is 0.454. The van der Waals surface area contributed by atoms with Crippen molar-refractivity contribution in [1.82, 2.24) is 0 Å². The average Bonchev–Trinajstić information content (AvgIpc) is 0.918. The van der Waals surface area contributed by atoms with Crippen LogP contribution in [0, 0.1) is 5.41 Å². The summed E-state index contributed by atoms with van der Waals surface area (Å²) in [5, 5.41) is 5.40. The Hall–Kier alpha value is -0.403. The van der Waals surface area contributed by atoms with Crippen molar-refractivity contribution < 1.29 is 4.79 Å². The van der Waals surface area contributed by atoms with E-state index in [0.717, 1.165) is 6.08 Å². The number of hydrogen-bond acceptors (Lipinski definition) is 2. The maximum Gasteiger partial charge on any atom is 0.231 e. The Labute approximate surface area is 28.4 Å². The first-order chi connectivity index (χ1) is 1.41. The molecular formula is CH5NOSi. The van der Waals surface area contributed by atoms with Crippen molar-refractivity contribution in [2.24, 2.45) is 0 Å². The van der Waals surface area contributed by atoms with Crippen molar-refractivity contribution >= 4 is 17.0 Å². The standard InChI is InChI=1S/CHNO.H4Si/c2-1-3;/h2H;1H4. The van der Waals surface area contributed by atoms with Crippen LogP contribution in [0.2, 0.25) is 0 Å². The fraction of sp³-hybridized carbons (Fsp3) is 0. The predicted octanol–water partition coefficient (Wildman–Crippen LogP) is -1.55. The highest BCUT2D eigenvalue weighted by molar-refractivity contribution is 5.75. The minimum atomic E-state index is 0. The molecule has 0 aromatic heterocycles. The Balaban J connectivity index is 0. The number of rotatable bonds is 0.